The molecular formula is C36H40ClFN6O2S. The predicted octanol–water partition coefficient (Wildman–Crippen LogP) is 9.38. The third-order valence-electron chi connectivity index (χ3n) is 7.59. The minimum Gasteiger partial charge on any atom is -0.423 e. The van der Waals surface area contributed by atoms with Crippen LogP contribution in [0.5, 0.6) is 0 Å². The number of amides is 1. The second-order valence-electron chi connectivity index (χ2n) is 10.8. The van der Waals surface area contributed by atoms with Crippen molar-refractivity contribution in [3.05, 3.63) is 116 Å². The number of amidine groups is 1. The van der Waals surface area contributed by atoms with Gasteiger partial charge < -0.3 is 15.1 Å². The SMILES string of the molecule is C/C=C(\C=C/C=C(\C)CC)C(/S/C(=N\C)NC(=O)C1=C(C)NC(Nc2nc3cc(F)ccc3o2)=NC1c1ccccc1Cl)=C(/C)CC. The topological polar surface area (TPSA) is 104 Å². The summed E-state index contributed by atoms with van der Waals surface area (Å²) in [5.74, 6) is -0.506. The zero-order valence-corrected chi connectivity index (χ0v) is 29.2. The molecule has 0 saturated carbocycles. The number of rotatable bonds is 9. The fourth-order valence-electron chi connectivity index (χ4n) is 4.69. The molecule has 0 spiro atoms. The monoisotopic (exact) mass is 674 g/mol. The van der Waals surface area contributed by atoms with E-state index in [1.165, 1.54) is 41.1 Å². The van der Waals surface area contributed by atoms with Gasteiger partial charge >= 0.3 is 6.01 Å². The molecule has 8 nitrogen and oxygen atoms in total. The Bertz CT molecular complexity index is 1870. The smallest absolute Gasteiger partial charge is 0.302 e. The highest BCUT2D eigenvalue weighted by Gasteiger charge is 2.32. The van der Waals surface area contributed by atoms with Crippen LogP contribution < -0.4 is 16.0 Å². The van der Waals surface area contributed by atoms with Crippen LogP contribution in [-0.2, 0) is 4.79 Å². The molecule has 1 amide bonds. The van der Waals surface area contributed by atoms with Crippen LogP contribution in [0.1, 0.15) is 66.0 Å². The molecule has 3 N–H and O–H groups in total. The number of oxazole rings is 1. The van der Waals surface area contributed by atoms with Gasteiger partial charge in [0.05, 0.1) is 5.57 Å². The third kappa shape index (κ3) is 8.90. The Hall–Kier alpha value is -4.41. The van der Waals surface area contributed by atoms with E-state index in [4.69, 9.17) is 21.0 Å². The van der Waals surface area contributed by atoms with Gasteiger partial charge in [0.2, 0.25) is 5.96 Å². The lowest BCUT2D eigenvalue weighted by Gasteiger charge is -2.27. The summed E-state index contributed by atoms with van der Waals surface area (Å²) in [7, 11) is 1.65. The largest absolute Gasteiger partial charge is 0.423 e. The standard InChI is InChI=1S/C36H40ClFN6O2S/c1-8-21(4)14-13-15-24(10-3)32(22(5)9-2)47-36(39-7)43-33(45)30-23(6)40-34(42-31(30)26-16-11-12-17-27(26)37)44-35-41-28-20-25(38)18-19-29(28)46-35/h10-20,31H,8-9H2,1-7H3,(H,39,43,45)(H2,40,41,42,44)/b15-13-,21-14+,24-10+,32-22+. The molecule has 2 heterocycles. The second kappa shape index (κ2) is 16.4. The first kappa shape index (κ1) is 35.4. The first-order valence-electron chi connectivity index (χ1n) is 15.4. The zero-order chi connectivity index (χ0) is 34.1. The number of benzene rings is 2. The number of nitrogens with zero attached hydrogens (tertiary/aromatic N) is 3. The molecule has 0 saturated heterocycles. The van der Waals surface area contributed by atoms with Crippen LogP contribution in [0.2, 0.25) is 5.02 Å². The molecule has 3 aromatic rings. The normalized spacial score (nSPS) is 16.7. The summed E-state index contributed by atoms with van der Waals surface area (Å²) >= 11 is 8.06. The third-order valence-corrected chi connectivity index (χ3v) is 9.20. The second-order valence-corrected chi connectivity index (χ2v) is 12.2. The van der Waals surface area contributed by atoms with Gasteiger partial charge in [-0.2, -0.15) is 4.98 Å². The molecule has 2 aromatic carbocycles. The average Bonchev–Trinajstić information content (AvgIpc) is 3.45. The highest BCUT2D eigenvalue weighted by molar-refractivity contribution is 8.17. The maximum Gasteiger partial charge on any atom is 0.302 e. The summed E-state index contributed by atoms with van der Waals surface area (Å²) in [5, 5.41) is 10.1. The van der Waals surface area contributed by atoms with Crippen LogP contribution in [0.15, 0.2) is 114 Å². The van der Waals surface area contributed by atoms with Gasteiger partial charge in [0.15, 0.2) is 10.8 Å². The highest BCUT2D eigenvalue weighted by atomic mass is 35.5. The Kier molecular flexibility index (Phi) is 12.4. The first-order valence-corrected chi connectivity index (χ1v) is 16.6. The lowest BCUT2D eigenvalue weighted by molar-refractivity contribution is -0.116. The average molecular weight is 675 g/mol. The summed E-state index contributed by atoms with van der Waals surface area (Å²) in [5.41, 5.74) is 5.83. The van der Waals surface area contributed by atoms with Gasteiger partial charge in [-0.3, -0.25) is 15.1 Å². The molecule has 1 aliphatic heterocycles. The van der Waals surface area contributed by atoms with E-state index in [2.05, 4.69) is 77.9 Å². The van der Waals surface area contributed by atoms with Gasteiger partial charge in [0.25, 0.3) is 5.91 Å². The van der Waals surface area contributed by atoms with Crippen LogP contribution in [0.4, 0.5) is 10.4 Å². The number of hydrogen-bond acceptors (Lipinski definition) is 8. The Morgan fingerprint density at radius 2 is 1.96 bits per heavy atom. The minimum atomic E-state index is -0.771. The van der Waals surface area contributed by atoms with Crippen molar-refractivity contribution in [1.29, 1.82) is 0 Å². The van der Waals surface area contributed by atoms with Gasteiger partial charge in [0, 0.05) is 34.3 Å². The quantitative estimate of drug-likeness (QED) is 0.119. The number of hydrogen-bond donors (Lipinski definition) is 3. The molecule has 1 unspecified atom stereocenters. The summed E-state index contributed by atoms with van der Waals surface area (Å²) in [4.78, 5) is 28.7. The number of thioether (sulfide) groups is 1. The van der Waals surface area contributed by atoms with E-state index in [0.29, 0.717) is 38.1 Å². The number of carbonyl (C=O) groups excluding carboxylic acids is 1. The number of guanidine groups is 1. The number of fused-ring (bicyclic) bond motifs is 1. The maximum absolute atomic E-state index is 14.1. The van der Waals surface area contributed by atoms with Gasteiger partial charge in [-0.1, -0.05) is 90.9 Å². The van der Waals surface area contributed by atoms with Crippen molar-refractivity contribution < 1.29 is 13.6 Å². The van der Waals surface area contributed by atoms with Gasteiger partial charge in [0.1, 0.15) is 17.4 Å². The zero-order valence-electron chi connectivity index (χ0n) is 27.7. The van der Waals surface area contributed by atoms with E-state index in [0.717, 1.165) is 23.3 Å². The highest BCUT2D eigenvalue weighted by Crippen LogP contribution is 2.36. The van der Waals surface area contributed by atoms with Crippen molar-refractivity contribution in [2.45, 2.75) is 60.4 Å². The Morgan fingerprint density at radius 1 is 1.19 bits per heavy atom. The van der Waals surface area contributed by atoms with Crippen LogP contribution in [0.25, 0.3) is 11.1 Å². The van der Waals surface area contributed by atoms with Crippen molar-refractivity contribution >= 4 is 57.5 Å². The fraction of sp³-hybridized carbons (Fsp3) is 0.278. The van der Waals surface area contributed by atoms with Crippen LogP contribution >= 0.6 is 23.4 Å². The summed E-state index contributed by atoms with van der Waals surface area (Å²) in [6, 6.07) is 10.7. The molecule has 246 valence electrons. The number of allylic oxidation sites excluding steroid dienone is 8. The minimum absolute atomic E-state index is 0.118. The Balaban J connectivity index is 1.63. The Labute approximate surface area is 284 Å². The van der Waals surface area contributed by atoms with Crippen molar-refractivity contribution in [3.63, 3.8) is 0 Å². The molecule has 0 radical (unpaired) electrons. The summed E-state index contributed by atoms with van der Waals surface area (Å²) in [6.07, 6.45) is 10.1. The van der Waals surface area contributed by atoms with Gasteiger partial charge in [-0.15, -0.1) is 0 Å². The summed E-state index contributed by atoms with van der Waals surface area (Å²) < 4.78 is 19.5. The van der Waals surface area contributed by atoms with E-state index in [1.807, 2.05) is 25.1 Å². The molecule has 0 aliphatic carbocycles. The van der Waals surface area contributed by atoms with Crippen molar-refractivity contribution in [1.82, 2.24) is 15.6 Å². The number of carbonyl (C=O) groups is 1. The summed E-state index contributed by atoms with van der Waals surface area (Å²) in [6.45, 7) is 12.2. The molecule has 1 aliphatic rings. The van der Waals surface area contributed by atoms with Crippen LogP contribution in [-0.4, -0.2) is 29.1 Å². The lowest BCUT2D eigenvalue weighted by atomic mass is 9.95. The van der Waals surface area contributed by atoms with Crippen molar-refractivity contribution in [2.24, 2.45) is 9.98 Å². The molecule has 11 heteroatoms. The Morgan fingerprint density at radius 3 is 2.64 bits per heavy atom. The first-order chi connectivity index (χ1) is 22.6. The number of aromatic nitrogens is 1. The number of halogens is 2. The van der Waals surface area contributed by atoms with Crippen LogP contribution in [0, 0.1) is 5.82 Å². The van der Waals surface area contributed by atoms with E-state index in [9.17, 15) is 9.18 Å². The van der Waals surface area contributed by atoms with Crippen molar-refractivity contribution in [2.75, 3.05) is 12.4 Å². The predicted molar refractivity (Wildman–Crippen MR) is 194 cm³/mol. The fourth-order valence-corrected chi connectivity index (χ4v) is 5.98. The lowest BCUT2D eigenvalue weighted by Crippen LogP contribution is -2.40. The van der Waals surface area contributed by atoms with Crippen molar-refractivity contribution in [3.8, 4) is 0 Å². The number of anilines is 1. The molecule has 1 aromatic heterocycles. The molecule has 0 bridgehead atoms. The van der Waals surface area contributed by atoms with E-state index < -0.39 is 11.9 Å². The molecule has 47 heavy (non-hydrogen) atoms. The number of nitrogens with one attached hydrogen (secondary N) is 3. The molecule has 4 rings (SSSR count). The molecule has 1 atom stereocenters. The molecular weight excluding hydrogens is 635 g/mol. The van der Waals surface area contributed by atoms with E-state index >= 15 is 0 Å². The maximum atomic E-state index is 14.1. The number of aliphatic imine (C=N–C) groups is 2. The van der Waals surface area contributed by atoms with E-state index in [1.54, 1.807) is 20.0 Å². The molecule has 0 fully saturated rings. The van der Waals surface area contributed by atoms with Crippen LogP contribution in [0.3, 0.4) is 0 Å². The van der Waals surface area contributed by atoms with Gasteiger partial charge in [-0.25, -0.2) is 9.38 Å². The van der Waals surface area contributed by atoms with E-state index in [-0.39, 0.29) is 17.9 Å². The van der Waals surface area contributed by atoms with Gasteiger partial charge in [-0.05, 0) is 64.3 Å².